The summed E-state index contributed by atoms with van der Waals surface area (Å²) in [5.41, 5.74) is 2.23. The standard InChI is InChI=1S/2C14H17NO.2C5H9.4C2H4O2.2Fe.3Pd/c2*1-2-8-12(9-3-1)14-15-13(10-16-14)11-6-4-5-7-11;2*1-2-4-5-3-1;4*1-2(3)4;;;;;/h2*1-3,8-9,11,13H,4-7,10H2;2*1H,2-5H2;4*1H3,(H,3,4);;;;;/q;;2*-1;;;;;2*+2;;;/t2*13-;;;;;;;;;;;/m11.........../s1. The molecule has 0 saturated heterocycles. The molecule has 2 aromatic carbocycles. The molecule has 0 radical (unpaired) electrons. The van der Waals surface area contributed by atoms with Gasteiger partial charge in [0.15, 0.2) is 0 Å². The summed E-state index contributed by atoms with van der Waals surface area (Å²) in [5, 5.41) is 29.7. The number of rotatable bonds is 4. The van der Waals surface area contributed by atoms with Crippen molar-refractivity contribution in [1.82, 2.24) is 0 Å². The van der Waals surface area contributed by atoms with Crippen molar-refractivity contribution in [2.24, 2.45) is 21.8 Å². The molecule has 2 atom stereocenters. The van der Waals surface area contributed by atoms with E-state index in [-0.39, 0.29) is 95.4 Å². The van der Waals surface area contributed by atoms with Crippen LogP contribution >= 0.6 is 0 Å². The molecular weight excluding hydrogens is 1170 g/mol. The number of carboxylic acids is 4. The number of carbonyl (C=O) groups is 4. The molecule has 8 rings (SSSR count). The van der Waals surface area contributed by atoms with Gasteiger partial charge in [-0.05, 0) is 61.8 Å². The average Bonchev–Trinajstić information content (AvgIpc) is 4.02. The van der Waals surface area contributed by atoms with E-state index in [0.717, 1.165) is 75.7 Å². The van der Waals surface area contributed by atoms with Crippen LogP contribution in [0.3, 0.4) is 0 Å². The Labute approximate surface area is 438 Å². The van der Waals surface area contributed by atoms with Crippen molar-refractivity contribution in [2.45, 2.75) is 143 Å². The molecule has 12 nitrogen and oxygen atoms in total. The Balaban J connectivity index is -0.000000221. The summed E-state index contributed by atoms with van der Waals surface area (Å²) in [7, 11) is 0. The first-order valence-electron chi connectivity index (χ1n) is 20.7. The minimum atomic E-state index is -0.833. The number of ether oxygens (including phenoxy) is 2. The van der Waals surface area contributed by atoms with Gasteiger partial charge in [0.1, 0.15) is 13.2 Å². The van der Waals surface area contributed by atoms with Crippen LogP contribution in [0.5, 0.6) is 0 Å². The van der Waals surface area contributed by atoms with E-state index in [9.17, 15) is 0 Å². The monoisotopic (exact) mass is 1240 g/mol. The normalized spacial score (nSPS) is 18.3. The molecule has 17 heteroatoms. The van der Waals surface area contributed by atoms with Gasteiger partial charge in [0.25, 0.3) is 23.9 Å². The van der Waals surface area contributed by atoms with Gasteiger partial charge in [0.05, 0.1) is 12.1 Å². The Hall–Kier alpha value is -1.71. The van der Waals surface area contributed by atoms with Gasteiger partial charge < -0.3 is 42.7 Å². The first-order valence-corrected chi connectivity index (χ1v) is 20.7. The van der Waals surface area contributed by atoms with E-state index in [2.05, 4.69) is 37.1 Å². The zero-order valence-electron chi connectivity index (χ0n) is 36.8. The van der Waals surface area contributed by atoms with Crippen LogP contribution in [0.1, 0.15) is 142 Å². The van der Waals surface area contributed by atoms with Gasteiger partial charge in [-0.3, -0.25) is 19.2 Å². The van der Waals surface area contributed by atoms with Gasteiger partial charge in [0, 0.05) is 100 Å². The quantitative estimate of drug-likeness (QED) is 0.169. The number of nitrogens with zero attached hydrogens (tertiary/aromatic N) is 2. The maximum atomic E-state index is 9.00. The van der Waals surface area contributed by atoms with Crippen molar-refractivity contribution in [3.63, 3.8) is 0 Å². The first kappa shape index (κ1) is 70.3. The SMILES string of the molecule is CC(=O)O.CC(=O)O.CC(=O)O.CC(=O)O.[CH-]1CCCC1.[CH-]1CCCC1.[Fe+2].[Fe+2].[Pd].[Pd].[Pd].c1ccc(C2=N[C@@H](C3CCCC3)CO2)cc1.c1ccc(C2=N[C@@H](C3CCCC3)CO2)cc1. The third-order valence-electron chi connectivity index (χ3n) is 9.41. The Kier molecular flexibility index (Phi) is 50.7. The topological polar surface area (TPSA) is 192 Å². The van der Waals surface area contributed by atoms with Crippen molar-refractivity contribution in [2.75, 3.05) is 13.2 Å². The number of hydrogen-bond acceptors (Lipinski definition) is 8. The molecule has 4 N–H and O–H groups in total. The molecule has 0 aromatic heterocycles. The zero-order chi connectivity index (χ0) is 43.0. The smallest absolute Gasteiger partial charge is 0.481 e. The molecule has 4 aliphatic carbocycles. The second kappa shape index (κ2) is 45.4. The van der Waals surface area contributed by atoms with Crippen LogP contribution in [-0.4, -0.2) is 81.4 Å². The summed E-state index contributed by atoms with van der Waals surface area (Å²) >= 11 is 0. The summed E-state index contributed by atoms with van der Waals surface area (Å²) in [5.74, 6) is -0.113. The number of aliphatic imine (C=N–C) groups is 2. The molecule has 4 saturated carbocycles. The molecule has 6 aliphatic rings. The predicted octanol–water partition coefficient (Wildman–Crippen LogP) is 9.92. The largest absolute Gasteiger partial charge is 2.00 e. The van der Waals surface area contributed by atoms with E-state index in [1.807, 2.05) is 36.4 Å². The van der Waals surface area contributed by atoms with Crippen molar-refractivity contribution >= 4 is 35.7 Å². The van der Waals surface area contributed by atoms with Gasteiger partial charge in [0.2, 0.25) is 11.8 Å². The van der Waals surface area contributed by atoms with Crippen LogP contribution < -0.4 is 0 Å². The van der Waals surface area contributed by atoms with Crippen molar-refractivity contribution in [3.05, 3.63) is 84.6 Å². The molecule has 4 fully saturated rings. The van der Waals surface area contributed by atoms with Gasteiger partial charge in [-0.25, -0.2) is 9.98 Å². The molecule has 366 valence electrons. The Morgan fingerprint density at radius 1 is 0.476 bits per heavy atom. The maximum Gasteiger partial charge on any atom is 2.00 e. The molecule has 2 heterocycles. The van der Waals surface area contributed by atoms with E-state index in [1.165, 1.54) is 103 Å². The van der Waals surface area contributed by atoms with Crippen LogP contribution in [0, 0.1) is 24.7 Å². The Morgan fingerprint density at radius 2 is 0.714 bits per heavy atom. The van der Waals surface area contributed by atoms with E-state index in [0.29, 0.717) is 12.1 Å². The van der Waals surface area contributed by atoms with Crippen LogP contribution in [0.15, 0.2) is 70.6 Å². The molecule has 63 heavy (non-hydrogen) atoms. The van der Waals surface area contributed by atoms with E-state index < -0.39 is 23.9 Å². The maximum absolute atomic E-state index is 9.00. The number of carboxylic acid groups (broad SMARTS) is 4. The molecule has 0 unspecified atom stereocenters. The summed E-state index contributed by atoms with van der Waals surface area (Å²) in [4.78, 5) is 45.5. The Morgan fingerprint density at radius 3 is 0.921 bits per heavy atom. The van der Waals surface area contributed by atoms with Gasteiger partial charge in [-0.1, -0.05) is 87.8 Å². The minimum Gasteiger partial charge on any atom is -0.481 e. The fourth-order valence-corrected chi connectivity index (χ4v) is 6.87. The number of aliphatic carboxylic acids is 4. The van der Waals surface area contributed by atoms with Crippen molar-refractivity contribution in [1.29, 1.82) is 0 Å². The number of benzene rings is 2. The summed E-state index contributed by atoms with van der Waals surface area (Å²) in [6.07, 6.45) is 26.8. The summed E-state index contributed by atoms with van der Waals surface area (Å²) < 4.78 is 11.4. The molecule has 0 bridgehead atoms. The Bertz CT molecular complexity index is 1330. The molecule has 0 spiro atoms. The zero-order valence-corrected chi connectivity index (χ0v) is 43.6. The third kappa shape index (κ3) is 39.2. The second-order valence-electron chi connectivity index (χ2n) is 14.7. The second-order valence-corrected chi connectivity index (χ2v) is 14.7. The van der Waals surface area contributed by atoms with E-state index in [4.69, 9.17) is 59.1 Å². The van der Waals surface area contributed by atoms with Crippen LogP contribution in [0.2, 0.25) is 0 Å². The van der Waals surface area contributed by atoms with E-state index in [1.54, 1.807) is 0 Å². The van der Waals surface area contributed by atoms with Crippen LogP contribution in [0.4, 0.5) is 0 Å². The molecule has 2 aromatic rings. The van der Waals surface area contributed by atoms with E-state index >= 15 is 0 Å². The van der Waals surface area contributed by atoms with Crippen molar-refractivity contribution < 1.29 is 144 Å². The van der Waals surface area contributed by atoms with Crippen LogP contribution in [0.25, 0.3) is 0 Å². The predicted molar refractivity (Wildman–Crippen MR) is 228 cm³/mol. The molecule has 2 aliphatic heterocycles. The molecule has 0 amide bonds. The fourth-order valence-electron chi connectivity index (χ4n) is 6.87. The van der Waals surface area contributed by atoms with Gasteiger partial charge >= 0.3 is 34.1 Å². The first-order chi connectivity index (χ1) is 27.8. The minimum absolute atomic E-state index is 0. The third-order valence-corrected chi connectivity index (χ3v) is 9.41. The molecular formula is C46H68Fe2N2O10Pd3+2. The van der Waals surface area contributed by atoms with Crippen LogP contribution in [-0.2, 0) is 124 Å². The number of hydrogen-bond donors (Lipinski definition) is 4. The van der Waals surface area contributed by atoms with Gasteiger partial charge in [-0.2, -0.15) is 25.7 Å². The summed E-state index contributed by atoms with van der Waals surface area (Å²) in [6.45, 7) is 5.91. The summed E-state index contributed by atoms with van der Waals surface area (Å²) in [6, 6.07) is 21.3. The van der Waals surface area contributed by atoms with Crippen molar-refractivity contribution in [3.8, 4) is 0 Å². The average molecular weight is 1240 g/mol. The fraction of sp³-hybridized carbons (Fsp3) is 0.565. The van der Waals surface area contributed by atoms with Gasteiger partial charge in [-0.15, -0.1) is 0 Å².